The largest absolute Gasteiger partial charge is 0.480 e. The average Bonchev–Trinajstić information content (AvgIpc) is 2.82. The maximum atomic E-state index is 12.4. The summed E-state index contributed by atoms with van der Waals surface area (Å²) in [5, 5.41) is 10.7. The van der Waals surface area contributed by atoms with E-state index in [1.807, 2.05) is 0 Å². The number of nitrogens with one attached hydrogen (secondary N) is 1. The van der Waals surface area contributed by atoms with Gasteiger partial charge >= 0.3 is 5.97 Å². The first kappa shape index (κ1) is 13.1. The van der Waals surface area contributed by atoms with E-state index in [1.54, 1.807) is 18.2 Å². The highest BCUT2D eigenvalue weighted by Crippen LogP contribution is 2.32. The molecule has 7 heteroatoms. The second-order valence-electron chi connectivity index (χ2n) is 3.98. The number of carboxylic acid groups (broad SMARTS) is 1. The Morgan fingerprint density at radius 2 is 2.11 bits per heavy atom. The van der Waals surface area contributed by atoms with Crippen molar-refractivity contribution >= 4 is 11.9 Å². The van der Waals surface area contributed by atoms with E-state index in [1.165, 1.54) is 0 Å². The smallest absolute Gasteiger partial charge is 0.328 e. The zero-order valence-corrected chi connectivity index (χ0v) is 9.89. The van der Waals surface area contributed by atoms with Gasteiger partial charge in [-0.15, -0.1) is 0 Å². The maximum absolute atomic E-state index is 12.4. The molecule has 1 amide bonds. The molecule has 1 aliphatic rings. The summed E-state index contributed by atoms with van der Waals surface area (Å²) in [6.07, 6.45) is -0.0551. The highest BCUT2D eigenvalue weighted by atomic mass is 19.1. The van der Waals surface area contributed by atoms with Gasteiger partial charge < -0.3 is 19.9 Å². The van der Waals surface area contributed by atoms with Crippen LogP contribution in [0.3, 0.4) is 0 Å². The van der Waals surface area contributed by atoms with Crippen LogP contribution in [0.25, 0.3) is 0 Å². The first-order valence-corrected chi connectivity index (χ1v) is 5.57. The molecule has 0 aliphatic carbocycles. The molecular formula is C12H12FNO5. The average molecular weight is 269 g/mol. The zero-order valence-electron chi connectivity index (χ0n) is 9.89. The van der Waals surface area contributed by atoms with Gasteiger partial charge in [-0.2, -0.15) is 0 Å². The Morgan fingerprint density at radius 3 is 2.79 bits per heavy atom. The van der Waals surface area contributed by atoms with Gasteiger partial charge in [0.1, 0.15) is 6.67 Å². The van der Waals surface area contributed by atoms with E-state index in [-0.39, 0.29) is 13.2 Å². The van der Waals surface area contributed by atoms with Gasteiger partial charge in [0, 0.05) is 0 Å². The fourth-order valence-electron chi connectivity index (χ4n) is 1.65. The van der Waals surface area contributed by atoms with Crippen molar-refractivity contribution < 1.29 is 28.6 Å². The molecule has 0 fully saturated rings. The minimum atomic E-state index is -1.51. The molecule has 1 aliphatic heterocycles. The molecule has 2 rings (SSSR count). The van der Waals surface area contributed by atoms with E-state index >= 15 is 0 Å². The van der Waals surface area contributed by atoms with Crippen LogP contribution in [0.15, 0.2) is 18.2 Å². The van der Waals surface area contributed by atoms with Crippen molar-refractivity contribution in [3.8, 4) is 11.5 Å². The van der Waals surface area contributed by atoms with Gasteiger partial charge in [-0.25, -0.2) is 9.18 Å². The van der Waals surface area contributed by atoms with Crippen molar-refractivity contribution in [2.45, 2.75) is 12.5 Å². The van der Waals surface area contributed by atoms with Crippen LogP contribution in [0, 0.1) is 0 Å². The zero-order chi connectivity index (χ0) is 13.8. The Hall–Kier alpha value is -2.31. The van der Waals surface area contributed by atoms with Crippen LogP contribution in [0.2, 0.25) is 0 Å². The molecule has 0 radical (unpaired) electrons. The predicted molar refractivity (Wildman–Crippen MR) is 61.8 cm³/mol. The number of carbonyl (C=O) groups is 2. The monoisotopic (exact) mass is 269 g/mol. The molecule has 102 valence electrons. The Balaban J connectivity index is 1.97. The quantitative estimate of drug-likeness (QED) is 0.813. The third-order valence-corrected chi connectivity index (χ3v) is 2.59. The molecule has 0 aromatic heterocycles. The lowest BCUT2D eigenvalue weighted by atomic mass is 10.1. The molecule has 0 saturated heterocycles. The molecule has 0 saturated carbocycles. The van der Waals surface area contributed by atoms with Gasteiger partial charge in [0.2, 0.25) is 12.7 Å². The highest BCUT2D eigenvalue weighted by Gasteiger charge is 2.20. The first-order chi connectivity index (χ1) is 9.10. The Morgan fingerprint density at radius 1 is 1.37 bits per heavy atom. The summed E-state index contributed by atoms with van der Waals surface area (Å²) in [4.78, 5) is 22.2. The van der Waals surface area contributed by atoms with Gasteiger partial charge in [-0.1, -0.05) is 6.07 Å². The van der Waals surface area contributed by atoms with E-state index in [9.17, 15) is 14.0 Å². The normalized spacial score (nSPS) is 13.9. The van der Waals surface area contributed by atoms with Crippen molar-refractivity contribution in [2.24, 2.45) is 0 Å². The minimum Gasteiger partial charge on any atom is -0.480 e. The number of ether oxygens (including phenoxy) is 2. The van der Waals surface area contributed by atoms with Crippen LogP contribution < -0.4 is 14.8 Å². The van der Waals surface area contributed by atoms with Crippen LogP contribution in [0.1, 0.15) is 5.56 Å². The first-order valence-electron chi connectivity index (χ1n) is 5.57. The lowest BCUT2D eigenvalue weighted by Gasteiger charge is -2.10. The molecule has 0 bridgehead atoms. The van der Waals surface area contributed by atoms with Crippen molar-refractivity contribution in [1.82, 2.24) is 5.32 Å². The molecule has 1 atom stereocenters. The van der Waals surface area contributed by atoms with Crippen LogP contribution >= 0.6 is 0 Å². The Kier molecular flexibility index (Phi) is 3.84. The standard InChI is InChI=1S/C12H12FNO5/c13-5-8(12(16)17)14-11(15)4-7-1-2-9-10(3-7)19-6-18-9/h1-3,8H,4-6H2,(H,14,15)(H,16,17). The lowest BCUT2D eigenvalue weighted by molar-refractivity contribution is -0.142. The summed E-state index contributed by atoms with van der Waals surface area (Å²) in [5.41, 5.74) is 0.629. The van der Waals surface area contributed by atoms with Gasteiger partial charge in [0.05, 0.1) is 6.42 Å². The fourth-order valence-corrected chi connectivity index (χ4v) is 1.65. The third kappa shape index (κ3) is 3.12. The second kappa shape index (κ2) is 5.55. The summed E-state index contributed by atoms with van der Waals surface area (Å²) in [6, 6.07) is 3.45. The second-order valence-corrected chi connectivity index (χ2v) is 3.98. The van der Waals surface area contributed by atoms with Crippen molar-refractivity contribution in [3.63, 3.8) is 0 Å². The summed E-state index contributed by atoms with van der Waals surface area (Å²) in [7, 11) is 0. The van der Waals surface area contributed by atoms with Crippen LogP contribution in [-0.2, 0) is 16.0 Å². The number of alkyl halides is 1. The number of hydrogen-bond donors (Lipinski definition) is 2. The van der Waals surface area contributed by atoms with Crippen molar-refractivity contribution in [1.29, 1.82) is 0 Å². The van der Waals surface area contributed by atoms with Crippen molar-refractivity contribution in [2.75, 3.05) is 13.5 Å². The molecule has 1 aromatic rings. The predicted octanol–water partition coefficient (Wildman–Crippen LogP) is 0.497. The number of aliphatic carboxylic acids is 1. The molecule has 6 nitrogen and oxygen atoms in total. The fraction of sp³-hybridized carbons (Fsp3) is 0.333. The van der Waals surface area contributed by atoms with Crippen LogP contribution in [-0.4, -0.2) is 36.5 Å². The molecule has 1 unspecified atom stereocenters. The number of rotatable bonds is 5. The van der Waals surface area contributed by atoms with E-state index in [0.29, 0.717) is 17.1 Å². The van der Waals surface area contributed by atoms with E-state index in [0.717, 1.165) is 0 Å². The van der Waals surface area contributed by atoms with E-state index in [2.05, 4.69) is 5.32 Å². The number of halogens is 1. The molecule has 19 heavy (non-hydrogen) atoms. The third-order valence-electron chi connectivity index (χ3n) is 2.59. The Bertz CT molecular complexity index is 505. The molecule has 1 heterocycles. The van der Waals surface area contributed by atoms with Gasteiger partial charge in [0.25, 0.3) is 0 Å². The highest BCUT2D eigenvalue weighted by molar-refractivity contribution is 5.85. The number of amides is 1. The number of hydrogen-bond acceptors (Lipinski definition) is 4. The number of carbonyl (C=O) groups excluding carboxylic acids is 1. The van der Waals surface area contributed by atoms with Crippen molar-refractivity contribution in [3.05, 3.63) is 23.8 Å². The molecule has 2 N–H and O–H groups in total. The summed E-state index contributed by atoms with van der Waals surface area (Å²) in [5.74, 6) is -0.840. The summed E-state index contributed by atoms with van der Waals surface area (Å²) in [6.45, 7) is -1.02. The summed E-state index contributed by atoms with van der Waals surface area (Å²) >= 11 is 0. The van der Waals surface area contributed by atoms with Gasteiger partial charge in [-0.05, 0) is 17.7 Å². The Labute approximate surface area is 108 Å². The molecule has 0 spiro atoms. The van der Waals surface area contributed by atoms with Gasteiger partial charge in [-0.3, -0.25) is 4.79 Å². The van der Waals surface area contributed by atoms with Gasteiger partial charge in [0.15, 0.2) is 17.5 Å². The molecule has 1 aromatic carbocycles. The number of carboxylic acids is 1. The molecular weight excluding hydrogens is 257 g/mol. The van der Waals surface area contributed by atoms with Crippen LogP contribution in [0.4, 0.5) is 4.39 Å². The number of fused-ring (bicyclic) bond motifs is 1. The van der Waals surface area contributed by atoms with E-state index in [4.69, 9.17) is 14.6 Å². The summed E-state index contributed by atoms with van der Waals surface area (Å²) < 4.78 is 22.6. The minimum absolute atomic E-state index is 0.0551. The van der Waals surface area contributed by atoms with E-state index < -0.39 is 24.6 Å². The maximum Gasteiger partial charge on any atom is 0.328 e. The lowest BCUT2D eigenvalue weighted by Crippen LogP contribution is -2.43. The van der Waals surface area contributed by atoms with Crippen LogP contribution in [0.5, 0.6) is 11.5 Å². The number of benzene rings is 1. The SMILES string of the molecule is O=C(Cc1ccc2c(c1)OCO2)NC(CF)C(=O)O. The topological polar surface area (TPSA) is 84.9 Å².